The predicted molar refractivity (Wildman–Crippen MR) is 184 cm³/mol. The summed E-state index contributed by atoms with van der Waals surface area (Å²) in [5.41, 5.74) is 3.69. The summed E-state index contributed by atoms with van der Waals surface area (Å²) in [5, 5.41) is 0. The van der Waals surface area contributed by atoms with Gasteiger partial charge in [-0.15, -0.1) is 6.58 Å². The zero-order chi connectivity index (χ0) is 31.6. The van der Waals surface area contributed by atoms with Gasteiger partial charge in [-0.1, -0.05) is 106 Å². The molecule has 0 heterocycles. The predicted octanol–water partition coefficient (Wildman–Crippen LogP) is 13.4. The summed E-state index contributed by atoms with van der Waals surface area (Å²) in [6.07, 6.45) is 22.1. The third-order valence-corrected chi connectivity index (χ3v) is 11.0. The largest absolute Gasteiger partial charge is 0.206 e. The van der Waals surface area contributed by atoms with E-state index >= 15 is 8.78 Å². The minimum absolute atomic E-state index is 0.215. The summed E-state index contributed by atoms with van der Waals surface area (Å²) in [7, 11) is 0. The van der Waals surface area contributed by atoms with E-state index < -0.39 is 11.6 Å². The van der Waals surface area contributed by atoms with Crippen molar-refractivity contribution in [1.82, 2.24) is 0 Å². The van der Waals surface area contributed by atoms with E-state index in [1.54, 1.807) is 30.3 Å². The van der Waals surface area contributed by atoms with Crippen LogP contribution in [0.3, 0.4) is 0 Å². The topological polar surface area (TPSA) is 0 Å². The fourth-order valence-electron chi connectivity index (χ4n) is 8.08. The van der Waals surface area contributed by atoms with E-state index in [1.807, 2.05) is 18.2 Å². The van der Waals surface area contributed by atoms with Crippen molar-refractivity contribution in [1.29, 1.82) is 0 Å². The second-order valence-electron chi connectivity index (χ2n) is 14.0. The van der Waals surface area contributed by atoms with Gasteiger partial charge in [0.2, 0.25) is 0 Å². The Kier molecular flexibility index (Phi) is 12.4. The van der Waals surface area contributed by atoms with Crippen LogP contribution in [-0.4, -0.2) is 0 Å². The molecule has 0 nitrogen and oxygen atoms in total. The lowest BCUT2D eigenvalue weighted by molar-refractivity contribution is 0.171. The summed E-state index contributed by atoms with van der Waals surface area (Å²) in [4.78, 5) is 0. The monoisotopic (exact) mass is 614 g/mol. The number of allylic oxidation sites excluding steroid dienone is 1. The number of rotatable bonds is 14. The van der Waals surface area contributed by atoms with Gasteiger partial charge in [0.05, 0.1) is 0 Å². The first kappa shape index (κ1) is 33.6. The summed E-state index contributed by atoms with van der Waals surface area (Å²) < 4.78 is 45.5. The molecule has 3 heteroatoms. The van der Waals surface area contributed by atoms with Gasteiger partial charge in [-0.05, 0) is 116 Å². The van der Waals surface area contributed by atoms with E-state index in [0.29, 0.717) is 34.9 Å². The van der Waals surface area contributed by atoms with E-state index in [1.165, 1.54) is 70.6 Å². The number of hydrogen-bond acceptors (Lipinski definition) is 0. The van der Waals surface area contributed by atoms with Crippen molar-refractivity contribution in [2.75, 3.05) is 0 Å². The Morgan fingerprint density at radius 3 is 1.78 bits per heavy atom. The zero-order valence-corrected chi connectivity index (χ0v) is 27.4. The van der Waals surface area contributed by atoms with E-state index in [0.717, 1.165) is 55.1 Å². The lowest BCUT2D eigenvalue weighted by Gasteiger charge is -2.37. The normalized spacial score (nSPS) is 22.0. The SMILES string of the molecule is C=CC1CCC(C2CCC(c3ccc(-c4ccc(-c5ccc(CCCCCCCCCC)c(F)c5F)cc4)c(F)c3)CC2)CC1. The molecule has 5 rings (SSSR count). The van der Waals surface area contributed by atoms with Crippen LogP contribution in [0.5, 0.6) is 0 Å². The Bertz CT molecular complexity index is 1360. The molecule has 0 saturated heterocycles. The van der Waals surface area contributed by atoms with Gasteiger partial charge in [0, 0.05) is 11.1 Å². The smallest absolute Gasteiger partial charge is 0.166 e. The maximum atomic E-state index is 15.4. The van der Waals surface area contributed by atoms with Crippen molar-refractivity contribution in [3.8, 4) is 22.3 Å². The summed E-state index contributed by atoms with van der Waals surface area (Å²) in [6.45, 7) is 6.20. The van der Waals surface area contributed by atoms with Crippen LogP contribution in [0.1, 0.15) is 127 Å². The van der Waals surface area contributed by atoms with Crippen LogP contribution in [-0.2, 0) is 6.42 Å². The molecule has 2 aliphatic carbocycles. The molecule has 2 fully saturated rings. The molecule has 0 spiro atoms. The summed E-state index contributed by atoms with van der Waals surface area (Å²) >= 11 is 0. The van der Waals surface area contributed by atoms with Gasteiger partial charge >= 0.3 is 0 Å². The average Bonchev–Trinajstić information content (AvgIpc) is 3.08. The van der Waals surface area contributed by atoms with Crippen LogP contribution in [0.25, 0.3) is 22.3 Å². The highest BCUT2D eigenvalue weighted by atomic mass is 19.2. The average molecular weight is 615 g/mol. The Balaban J connectivity index is 1.15. The summed E-state index contributed by atoms with van der Waals surface area (Å²) in [6, 6.07) is 16.3. The van der Waals surface area contributed by atoms with Crippen molar-refractivity contribution in [2.24, 2.45) is 17.8 Å². The van der Waals surface area contributed by atoms with Crippen molar-refractivity contribution >= 4 is 0 Å². The third-order valence-electron chi connectivity index (χ3n) is 11.0. The number of halogens is 3. The van der Waals surface area contributed by atoms with Gasteiger partial charge in [-0.3, -0.25) is 0 Å². The lowest BCUT2D eigenvalue weighted by Crippen LogP contribution is -2.25. The third kappa shape index (κ3) is 8.72. The molecule has 242 valence electrons. The molecule has 2 aliphatic rings. The molecule has 0 amide bonds. The molecular formula is C42H53F3. The zero-order valence-electron chi connectivity index (χ0n) is 27.4. The molecule has 3 aromatic rings. The lowest BCUT2D eigenvalue weighted by atomic mass is 9.68. The number of aryl methyl sites for hydroxylation is 1. The van der Waals surface area contributed by atoms with Gasteiger partial charge in [0.15, 0.2) is 11.6 Å². The molecule has 3 aromatic carbocycles. The van der Waals surface area contributed by atoms with Crippen molar-refractivity contribution in [3.63, 3.8) is 0 Å². The van der Waals surface area contributed by atoms with E-state index in [4.69, 9.17) is 0 Å². The van der Waals surface area contributed by atoms with Crippen molar-refractivity contribution < 1.29 is 13.2 Å². The van der Waals surface area contributed by atoms with Crippen LogP contribution >= 0.6 is 0 Å². The van der Waals surface area contributed by atoms with Crippen LogP contribution in [0, 0.1) is 35.2 Å². The molecule has 0 aliphatic heterocycles. The quantitative estimate of drug-likeness (QED) is 0.125. The molecule has 0 radical (unpaired) electrons. The molecule has 2 saturated carbocycles. The Morgan fingerprint density at radius 2 is 1.18 bits per heavy atom. The molecule has 0 bridgehead atoms. The van der Waals surface area contributed by atoms with Crippen LogP contribution in [0.15, 0.2) is 67.3 Å². The number of unbranched alkanes of at least 4 members (excludes halogenated alkanes) is 7. The second-order valence-corrected chi connectivity index (χ2v) is 14.0. The van der Waals surface area contributed by atoms with Crippen LogP contribution in [0.2, 0.25) is 0 Å². The van der Waals surface area contributed by atoms with Crippen LogP contribution < -0.4 is 0 Å². The van der Waals surface area contributed by atoms with E-state index in [2.05, 4.69) is 25.6 Å². The van der Waals surface area contributed by atoms with Gasteiger partial charge in [-0.2, -0.15) is 0 Å². The van der Waals surface area contributed by atoms with Gasteiger partial charge in [0.25, 0.3) is 0 Å². The van der Waals surface area contributed by atoms with E-state index in [-0.39, 0.29) is 11.4 Å². The first-order valence-corrected chi connectivity index (χ1v) is 18.0. The maximum absolute atomic E-state index is 15.4. The fraction of sp³-hybridized carbons (Fsp3) is 0.524. The van der Waals surface area contributed by atoms with Gasteiger partial charge < -0.3 is 0 Å². The Labute approximate surface area is 270 Å². The molecule has 0 unspecified atom stereocenters. The molecule has 0 aromatic heterocycles. The highest BCUT2D eigenvalue weighted by molar-refractivity contribution is 5.71. The molecule has 0 atom stereocenters. The van der Waals surface area contributed by atoms with Crippen molar-refractivity contribution in [3.05, 3.63) is 95.8 Å². The van der Waals surface area contributed by atoms with Crippen LogP contribution in [0.4, 0.5) is 13.2 Å². The first-order chi connectivity index (χ1) is 22.0. The fourth-order valence-corrected chi connectivity index (χ4v) is 8.08. The van der Waals surface area contributed by atoms with Crippen molar-refractivity contribution in [2.45, 2.75) is 122 Å². The highest BCUT2D eigenvalue weighted by Crippen LogP contribution is 2.44. The first-order valence-electron chi connectivity index (χ1n) is 18.0. The minimum Gasteiger partial charge on any atom is -0.206 e. The second kappa shape index (κ2) is 16.7. The maximum Gasteiger partial charge on any atom is 0.166 e. The molecular weight excluding hydrogens is 561 g/mol. The van der Waals surface area contributed by atoms with E-state index in [9.17, 15) is 4.39 Å². The number of benzene rings is 3. The minimum atomic E-state index is -0.797. The van der Waals surface area contributed by atoms with Gasteiger partial charge in [-0.25, -0.2) is 13.2 Å². The molecule has 45 heavy (non-hydrogen) atoms. The number of hydrogen-bond donors (Lipinski definition) is 0. The standard InChI is InChI=1S/C42H53F3/c1-3-5-6-7-8-9-10-11-12-36-25-28-39(42(45)41(36)44)35-23-21-34(22-24-35)38-27-26-37(29-40(38)43)33-19-17-32(18-20-33)31-15-13-30(4-2)14-16-31/h4,21-33H,2-3,5-20H2,1H3. The Morgan fingerprint density at radius 1 is 0.622 bits per heavy atom. The Hall–Kier alpha value is -2.81. The highest BCUT2D eigenvalue weighted by Gasteiger charge is 2.31. The van der Waals surface area contributed by atoms with Gasteiger partial charge in [0.1, 0.15) is 5.82 Å². The summed E-state index contributed by atoms with van der Waals surface area (Å²) in [5.74, 6) is 1.05. The molecule has 0 N–H and O–H groups in total.